The average molecular weight is 298 g/mol. The second-order valence-electron chi connectivity index (χ2n) is 4.29. The molecule has 1 aliphatic rings. The standard InChI is InChI=1S/C13H16BrNO2/c1-17-13-3-2-11(14)6-10(13)7-12(16)9-4-5-15-8-9/h2-3,6,9,15H,4-5,7-8H2,1H3. The van der Waals surface area contributed by atoms with Gasteiger partial charge in [0.2, 0.25) is 0 Å². The van der Waals surface area contributed by atoms with E-state index in [2.05, 4.69) is 21.2 Å². The van der Waals surface area contributed by atoms with E-state index in [1.807, 2.05) is 18.2 Å². The lowest BCUT2D eigenvalue weighted by molar-refractivity contribution is -0.121. The Hall–Kier alpha value is -0.870. The Kier molecular flexibility index (Phi) is 4.18. The molecule has 17 heavy (non-hydrogen) atoms. The zero-order valence-electron chi connectivity index (χ0n) is 9.83. The molecule has 0 aliphatic carbocycles. The van der Waals surface area contributed by atoms with Crippen LogP contribution in [0.25, 0.3) is 0 Å². The fraction of sp³-hybridized carbons (Fsp3) is 0.462. The number of ether oxygens (including phenoxy) is 1. The van der Waals surface area contributed by atoms with Crippen molar-refractivity contribution in [2.75, 3.05) is 20.2 Å². The van der Waals surface area contributed by atoms with E-state index >= 15 is 0 Å². The van der Waals surface area contributed by atoms with Gasteiger partial charge in [0.25, 0.3) is 0 Å². The summed E-state index contributed by atoms with van der Waals surface area (Å²) in [5.41, 5.74) is 0.957. The largest absolute Gasteiger partial charge is 0.496 e. The van der Waals surface area contributed by atoms with E-state index in [-0.39, 0.29) is 5.92 Å². The van der Waals surface area contributed by atoms with Gasteiger partial charge >= 0.3 is 0 Å². The van der Waals surface area contributed by atoms with Crippen LogP contribution in [0.2, 0.25) is 0 Å². The number of ketones is 1. The lowest BCUT2D eigenvalue weighted by atomic mass is 9.97. The van der Waals surface area contributed by atoms with Crippen LogP contribution in [0.5, 0.6) is 5.75 Å². The average Bonchev–Trinajstić information content (AvgIpc) is 2.83. The van der Waals surface area contributed by atoms with Crippen LogP contribution in [0.15, 0.2) is 22.7 Å². The third-order valence-electron chi connectivity index (χ3n) is 3.12. The first kappa shape index (κ1) is 12.6. The maximum Gasteiger partial charge on any atom is 0.141 e. The highest BCUT2D eigenvalue weighted by molar-refractivity contribution is 9.10. The van der Waals surface area contributed by atoms with Crippen LogP contribution in [0.1, 0.15) is 12.0 Å². The van der Waals surface area contributed by atoms with Crippen molar-refractivity contribution in [3.8, 4) is 5.75 Å². The summed E-state index contributed by atoms with van der Waals surface area (Å²) >= 11 is 3.42. The van der Waals surface area contributed by atoms with Crippen molar-refractivity contribution in [3.63, 3.8) is 0 Å². The molecule has 0 amide bonds. The molecule has 0 radical (unpaired) electrons. The molecule has 0 saturated carbocycles. The van der Waals surface area contributed by atoms with Crippen molar-refractivity contribution in [2.45, 2.75) is 12.8 Å². The van der Waals surface area contributed by atoms with Crippen molar-refractivity contribution in [2.24, 2.45) is 5.92 Å². The number of carbonyl (C=O) groups is 1. The Morgan fingerprint density at radius 2 is 2.41 bits per heavy atom. The van der Waals surface area contributed by atoms with Crippen LogP contribution in [0.3, 0.4) is 0 Å². The Morgan fingerprint density at radius 3 is 3.06 bits per heavy atom. The van der Waals surface area contributed by atoms with Crippen molar-refractivity contribution in [1.82, 2.24) is 5.32 Å². The van der Waals surface area contributed by atoms with Gasteiger partial charge in [-0.25, -0.2) is 0 Å². The predicted octanol–water partition coefficient (Wildman–Crippen LogP) is 2.18. The molecule has 3 nitrogen and oxygen atoms in total. The number of hydrogen-bond acceptors (Lipinski definition) is 3. The van der Waals surface area contributed by atoms with Gasteiger partial charge < -0.3 is 10.1 Å². The molecule has 1 atom stereocenters. The third-order valence-corrected chi connectivity index (χ3v) is 3.62. The van der Waals surface area contributed by atoms with Gasteiger partial charge in [-0.3, -0.25) is 4.79 Å². The molecular formula is C13H16BrNO2. The van der Waals surface area contributed by atoms with E-state index < -0.39 is 0 Å². The monoisotopic (exact) mass is 297 g/mol. The Balaban J connectivity index is 2.11. The predicted molar refractivity (Wildman–Crippen MR) is 70.4 cm³/mol. The molecule has 0 bridgehead atoms. The zero-order valence-corrected chi connectivity index (χ0v) is 11.4. The van der Waals surface area contributed by atoms with E-state index in [1.165, 1.54) is 0 Å². The number of carbonyl (C=O) groups excluding carboxylic acids is 1. The Bertz CT molecular complexity index is 414. The van der Waals surface area contributed by atoms with Crippen molar-refractivity contribution in [3.05, 3.63) is 28.2 Å². The summed E-state index contributed by atoms with van der Waals surface area (Å²) in [6, 6.07) is 5.77. The number of rotatable bonds is 4. The van der Waals surface area contributed by atoms with Gasteiger partial charge in [-0.1, -0.05) is 15.9 Å². The van der Waals surface area contributed by atoms with E-state index in [0.717, 1.165) is 35.3 Å². The first-order valence-corrected chi connectivity index (χ1v) is 6.56. The number of nitrogens with one attached hydrogen (secondary N) is 1. The quantitative estimate of drug-likeness (QED) is 0.926. The van der Waals surface area contributed by atoms with Gasteiger partial charge in [0.1, 0.15) is 11.5 Å². The summed E-state index contributed by atoms with van der Waals surface area (Å²) in [5, 5.41) is 3.22. The van der Waals surface area contributed by atoms with Gasteiger partial charge in [0.15, 0.2) is 0 Å². The molecule has 1 aromatic rings. The molecular weight excluding hydrogens is 282 g/mol. The molecule has 1 heterocycles. The summed E-state index contributed by atoms with van der Waals surface area (Å²) < 4.78 is 6.25. The van der Waals surface area contributed by atoms with Gasteiger partial charge in [0.05, 0.1) is 7.11 Å². The summed E-state index contributed by atoms with van der Waals surface area (Å²) in [5.74, 6) is 1.25. The SMILES string of the molecule is COc1ccc(Br)cc1CC(=O)C1CCNC1. The van der Waals surface area contributed by atoms with Gasteiger partial charge in [-0.15, -0.1) is 0 Å². The molecule has 4 heteroatoms. The molecule has 1 N–H and O–H groups in total. The number of hydrogen-bond donors (Lipinski definition) is 1. The third kappa shape index (κ3) is 3.07. The summed E-state index contributed by atoms with van der Waals surface area (Å²) in [4.78, 5) is 12.1. The maximum absolute atomic E-state index is 12.1. The van der Waals surface area contributed by atoms with Gasteiger partial charge in [-0.2, -0.15) is 0 Å². The maximum atomic E-state index is 12.1. The van der Waals surface area contributed by atoms with Crippen LogP contribution in [-0.2, 0) is 11.2 Å². The van der Waals surface area contributed by atoms with Crippen LogP contribution in [0.4, 0.5) is 0 Å². The second-order valence-corrected chi connectivity index (χ2v) is 5.20. The molecule has 0 aromatic heterocycles. The highest BCUT2D eigenvalue weighted by Crippen LogP contribution is 2.25. The van der Waals surface area contributed by atoms with Crippen LogP contribution < -0.4 is 10.1 Å². The van der Waals surface area contributed by atoms with Crippen LogP contribution in [0, 0.1) is 5.92 Å². The van der Waals surface area contributed by atoms with Crippen molar-refractivity contribution in [1.29, 1.82) is 0 Å². The number of benzene rings is 1. The van der Waals surface area contributed by atoms with Crippen LogP contribution >= 0.6 is 15.9 Å². The highest BCUT2D eigenvalue weighted by atomic mass is 79.9. The van der Waals surface area contributed by atoms with E-state index in [1.54, 1.807) is 7.11 Å². The number of halogens is 1. The van der Waals surface area contributed by atoms with Crippen LogP contribution in [-0.4, -0.2) is 26.0 Å². The molecule has 1 fully saturated rings. The minimum atomic E-state index is 0.165. The van der Waals surface area contributed by atoms with Gasteiger partial charge in [-0.05, 0) is 31.2 Å². The topological polar surface area (TPSA) is 38.3 Å². The lowest BCUT2D eigenvalue weighted by Crippen LogP contribution is -2.19. The zero-order chi connectivity index (χ0) is 12.3. The number of methoxy groups -OCH3 is 1. The smallest absolute Gasteiger partial charge is 0.141 e. The summed E-state index contributed by atoms with van der Waals surface area (Å²) in [6.45, 7) is 1.77. The molecule has 2 rings (SSSR count). The normalized spacial score (nSPS) is 19.3. The minimum absolute atomic E-state index is 0.165. The second kappa shape index (κ2) is 5.65. The first-order valence-electron chi connectivity index (χ1n) is 5.76. The molecule has 1 aliphatic heterocycles. The van der Waals surface area contributed by atoms with E-state index in [9.17, 15) is 4.79 Å². The Labute approximate surface area is 110 Å². The first-order chi connectivity index (χ1) is 8.20. The van der Waals surface area contributed by atoms with E-state index in [4.69, 9.17) is 4.74 Å². The molecule has 1 unspecified atom stereocenters. The fourth-order valence-electron chi connectivity index (χ4n) is 2.15. The van der Waals surface area contributed by atoms with Crippen molar-refractivity contribution >= 4 is 21.7 Å². The Morgan fingerprint density at radius 1 is 1.59 bits per heavy atom. The number of Topliss-reactive ketones (excluding diaryl/α,β-unsaturated/α-hetero) is 1. The lowest BCUT2D eigenvalue weighted by Gasteiger charge is -2.11. The van der Waals surface area contributed by atoms with Gasteiger partial charge in [0, 0.05) is 28.9 Å². The molecule has 0 spiro atoms. The fourth-order valence-corrected chi connectivity index (χ4v) is 2.56. The summed E-state index contributed by atoms with van der Waals surface area (Å²) in [7, 11) is 1.63. The molecule has 1 saturated heterocycles. The highest BCUT2D eigenvalue weighted by Gasteiger charge is 2.23. The summed E-state index contributed by atoms with van der Waals surface area (Å²) in [6.07, 6.45) is 1.41. The van der Waals surface area contributed by atoms with E-state index in [0.29, 0.717) is 12.2 Å². The molecule has 92 valence electrons. The molecule has 1 aromatic carbocycles. The van der Waals surface area contributed by atoms with Crippen molar-refractivity contribution < 1.29 is 9.53 Å². The minimum Gasteiger partial charge on any atom is -0.496 e.